The standard InChI is InChI=1S/C15H18FN3O2S/c1-3-19(4-2)15-18-14(21)12(22-15)9-13(20)17-11-7-5-10(16)6-8-11/h5-8,12H,3-4,9H2,1-2H3,(H,17,20)/t12-/m1/s1. The van der Waals surface area contributed by atoms with E-state index < -0.39 is 5.25 Å². The zero-order valence-electron chi connectivity index (χ0n) is 12.5. The summed E-state index contributed by atoms with van der Waals surface area (Å²) in [7, 11) is 0. The summed E-state index contributed by atoms with van der Waals surface area (Å²) in [6.45, 7) is 5.52. The summed E-state index contributed by atoms with van der Waals surface area (Å²) in [4.78, 5) is 29.9. The number of hydrogen-bond acceptors (Lipinski definition) is 4. The zero-order chi connectivity index (χ0) is 16.1. The molecule has 1 N–H and O–H groups in total. The van der Waals surface area contributed by atoms with Crippen LogP contribution in [0.15, 0.2) is 29.3 Å². The fourth-order valence-electron chi connectivity index (χ4n) is 2.05. The summed E-state index contributed by atoms with van der Waals surface area (Å²) in [5.74, 6) is -0.925. The van der Waals surface area contributed by atoms with E-state index in [1.54, 1.807) is 0 Å². The Balaban J connectivity index is 1.90. The summed E-state index contributed by atoms with van der Waals surface area (Å²) in [6.07, 6.45) is 0.0507. The highest BCUT2D eigenvalue weighted by molar-refractivity contribution is 8.15. The number of carbonyl (C=O) groups is 2. The number of rotatable bonds is 5. The molecule has 1 aliphatic heterocycles. The van der Waals surface area contributed by atoms with Crippen molar-refractivity contribution in [1.82, 2.24) is 4.90 Å². The van der Waals surface area contributed by atoms with Crippen LogP contribution in [0.1, 0.15) is 20.3 Å². The lowest BCUT2D eigenvalue weighted by Gasteiger charge is -2.19. The number of halogens is 1. The van der Waals surface area contributed by atoms with Gasteiger partial charge < -0.3 is 10.2 Å². The van der Waals surface area contributed by atoms with Crippen molar-refractivity contribution < 1.29 is 14.0 Å². The van der Waals surface area contributed by atoms with Gasteiger partial charge in [-0.25, -0.2) is 4.39 Å². The van der Waals surface area contributed by atoms with E-state index in [-0.39, 0.29) is 24.1 Å². The maximum Gasteiger partial charge on any atom is 0.262 e. The predicted molar refractivity (Wildman–Crippen MR) is 86.4 cm³/mol. The molecule has 1 atom stereocenters. The molecule has 2 amide bonds. The van der Waals surface area contributed by atoms with Crippen LogP contribution in [0.2, 0.25) is 0 Å². The predicted octanol–water partition coefficient (Wildman–Crippen LogP) is 2.49. The molecule has 22 heavy (non-hydrogen) atoms. The Labute approximate surface area is 133 Å². The number of nitrogens with zero attached hydrogens (tertiary/aromatic N) is 2. The first-order valence-corrected chi connectivity index (χ1v) is 8.01. The lowest BCUT2D eigenvalue weighted by molar-refractivity contribution is -0.121. The van der Waals surface area contributed by atoms with Crippen LogP contribution in [0.3, 0.4) is 0 Å². The van der Waals surface area contributed by atoms with Crippen molar-refractivity contribution in [3.8, 4) is 0 Å². The number of anilines is 1. The van der Waals surface area contributed by atoms with Crippen LogP contribution in [-0.4, -0.2) is 40.2 Å². The van der Waals surface area contributed by atoms with E-state index in [0.29, 0.717) is 10.9 Å². The van der Waals surface area contributed by atoms with Gasteiger partial charge in [0.2, 0.25) is 5.91 Å². The normalized spacial score (nSPS) is 17.3. The number of amides is 2. The molecule has 0 spiro atoms. The molecule has 0 fully saturated rings. The van der Waals surface area contributed by atoms with Crippen molar-refractivity contribution >= 4 is 34.4 Å². The van der Waals surface area contributed by atoms with Crippen LogP contribution in [0.4, 0.5) is 10.1 Å². The number of carbonyl (C=O) groups excluding carboxylic acids is 2. The second-order valence-corrected chi connectivity index (χ2v) is 5.94. The fourth-order valence-corrected chi connectivity index (χ4v) is 3.24. The minimum atomic E-state index is -0.490. The van der Waals surface area contributed by atoms with E-state index in [1.807, 2.05) is 18.7 Å². The van der Waals surface area contributed by atoms with Gasteiger partial charge in [0.15, 0.2) is 5.17 Å². The van der Waals surface area contributed by atoms with Gasteiger partial charge >= 0.3 is 0 Å². The topological polar surface area (TPSA) is 61.8 Å². The average Bonchev–Trinajstić information content (AvgIpc) is 2.84. The Morgan fingerprint density at radius 1 is 1.32 bits per heavy atom. The lowest BCUT2D eigenvalue weighted by atomic mass is 10.2. The van der Waals surface area contributed by atoms with E-state index in [9.17, 15) is 14.0 Å². The van der Waals surface area contributed by atoms with Crippen molar-refractivity contribution in [2.24, 2.45) is 4.99 Å². The summed E-state index contributed by atoms with van der Waals surface area (Å²) in [6, 6.07) is 5.50. The van der Waals surface area contributed by atoms with Crippen molar-refractivity contribution in [2.75, 3.05) is 18.4 Å². The lowest BCUT2D eigenvalue weighted by Crippen LogP contribution is -2.27. The first-order chi connectivity index (χ1) is 10.5. The highest BCUT2D eigenvalue weighted by atomic mass is 32.2. The van der Waals surface area contributed by atoms with Gasteiger partial charge in [0.1, 0.15) is 11.1 Å². The average molecular weight is 323 g/mol. The third kappa shape index (κ3) is 4.07. The van der Waals surface area contributed by atoms with Gasteiger partial charge in [-0.05, 0) is 38.1 Å². The number of nitrogens with one attached hydrogen (secondary N) is 1. The molecule has 1 aromatic rings. The van der Waals surface area contributed by atoms with Gasteiger partial charge in [-0.3, -0.25) is 9.59 Å². The minimum absolute atomic E-state index is 0.0507. The second kappa shape index (κ2) is 7.40. The number of benzene rings is 1. The minimum Gasteiger partial charge on any atom is -0.352 e. The van der Waals surface area contributed by atoms with E-state index in [4.69, 9.17) is 0 Å². The Hall–Kier alpha value is -1.89. The molecule has 1 aromatic carbocycles. The van der Waals surface area contributed by atoms with Crippen molar-refractivity contribution in [2.45, 2.75) is 25.5 Å². The van der Waals surface area contributed by atoms with Gasteiger partial charge in [0, 0.05) is 25.2 Å². The van der Waals surface area contributed by atoms with Crippen LogP contribution in [0.25, 0.3) is 0 Å². The van der Waals surface area contributed by atoms with Crippen molar-refractivity contribution in [1.29, 1.82) is 0 Å². The SMILES string of the molecule is CCN(CC)C1=NC(=O)[C@@H](CC(=O)Nc2ccc(F)cc2)S1. The van der Waals surface area contributed by atoms with Gasteiger partial charge in [-0.1, -0.05) is 11.8 Å². The molecular weight excluding hydrogens is 305 g/mol. The van der Waals surface area contributed by atoms with Crippen molar-refractivity contribution in [3.05, 3.63) is 30.1 Å². The largest absolute Gasteiger partial charge is 0.352 e. The van der Waals surface area contributed by atoms with E-state index >= 15 is 0 Å². The molecule has 0 radical (unpaired) electrons. The highest BCUT2D eigenvalue weighted by Gasteiger charge is 2.32. The maximum atomic E-state index is 12.8. The molecule has 0 aromatic heterocycles. The van der Waals surface area contributed by atoms with Crippen LogP contribution >= 0.6 is 11.8 Å². The molecule has 0 aliphatic carbocycles. The van der Waals surface area contributed by atoms with Crippen LogP contribution in [0, 0.1) is 5.82 Å². The molecule has 0 unspecified atom stereocenters. The molecule has 2 rings (SSSR count). The zero-order valence-corrected chi connectivity index (χ0v) is 13.3. The Bertz CT molecular complexity index is 585. The molecule has 5 nitrogen and oxygen atoms in total. The number of amidine groups is 1. The van der Waals surface area contributed by atoms with E-state index in [1.165, 1.54) is 36.0 Å². The van der Waals surface area contributed by atoms with Gasteiger partial charge in [-0.15, -0.1) is 0 Å². The second-order valence-electron chi connectivity index (χ2n) is 4.77. The Morgan fingerprint density at radius 2 is 1.95 bits per heavy atom. The van der Waals surface area contributed by atoms with E-state index in [2.05, 4.69) is 10.3 Å². The summed E-state index contributed by atoms with van der Waals surface area (Å²) in [5.41, 5.74) is 0.506. The molecule has 0 saturated carbocycles. The smallest absolute Gasteiger partial charge is 0.262 e. The Kier molecular flexibility index (Phi) is 5.54. The van der Waals surface area contributed by atoms with Crippen molar-refractivity contribution in [3.63, 3.8) is 0 Å². The third-order valence-corrected chi connectivity index (χ3v) is 4.47. The summed E-state index contributed by atoms with van der Waals surface area (Å²) < 4.78 is 12.8. The molecule has 1 aliphatic rings. The van der Waals surface area contributed by atoms with Crippen LogP contribution in [0.5, 0.6) is 0 Å². The quantitative estimate of drug-likeness (QED) is 0.904. The number of hydrogen-bond donors (Lipinski definition) is 1. The number of aliphatic imine (C=N–C) groups is 1. The molecule has 118 valence electrons. The Morgan fingerprint density at radius 3 is 2.55 bits per heavy atom. The van der Waals surface area contributed by atoms with Gasteiger partial charge in [0.05, 0.1) is 0 Å². The molecule has 0 saturated heterocycles. The molecular formula is C15H18FN3O2S. The first-order valence-electron chi connectivity index (χ1n) is 7.13. The van der Waals surface area contributed by atoms with Crippen LogP contribution in [-0.2, 0) is 9.59 Å². The third-order valence-electron chi connectivity index (χ3n) is 3.26. The summed E-state index contributed by atoms with van der Waals surface area (Å²) in [5, 5.41) is 2.84. The van der Waals surface area contributed by atoms with Crippen LogP contribution < -0.4 is 5.32 Å². The summed E-state index contributed by atoms with van der Waals surface area (Å²) >= 11 is 1.32. The molecule has 0 bridgehead atoms. The highest BCUT2D eigenvalue weighted by Crippen LogP contribution is 2.27. The fraction of sp³-hybridized carbons (Fsp3) is 0.400. The van der Waals surface area contributed by atoms with E-state index in [0.717, 1.165) is 13.1 Å². The first kappa shape index (κ1) is 16.5. The number of thioether (sulfide) groups is 1. The monoisotopic (exact) mass is 323 g/mol. The molecule has 7 heteroatoms. The molecule has 1 heterocycles. The van der Waals surface area contributed by atoms with Gasteiger partial charge in [-0.2, -0.15) is 4.99 Å². The van der Waals surface area contributed by atoms with Gasteiger partial charge in [0.25, 0.3) is 5.91 Å². The maximum absolute atomic E-state index is 12.8.